The lowest BCUT2D eigenvalue weighted by Crippen LogP contribution is -2.44. The van der Waals surface area contributed by atoms with Gasteiger partial charge in [0.05, 0.1) is 12.5 Å². The van der Waals surface area contributed by atoms with E-state index in [9.17, 15) is 4.79 Å². The summed E-state index contributed by atoms with van der Waals surface area (Å²) in [5.41, 5.74) is 5.28. The summed E-state index contributed by atoms with van der Waals surface area (Å²) in [5.74, 6) is 0.178. The lowest BCUT2D eigenvalue weighted by atomic mass is 9.88. The molecule has 0 bridgehead atoms. The Hall–Kier alpha value is -2.17. The molecule has 1 heterocycles. The van der Waals surface area contributed by atoms with E-state index in [0.717, 1.165) is 25.9 Å². The quantitative estimate of drug-likeness (QED) is 0.738. The molecule has 1 N–H and O–H groups in total. The largest absolute Gasteiger partial charge is 0.383 e. The van der Waals surface area contributed by atoms with Crippen molar-refractivity contribution in [1.82, 2.24) is 10.2 Å². The SMILES string of the molecule is COCCNC(=O)C1CCC(c2ccccc2)N(Cc2ccc(C)c(C)c2)C1. The predicted octanol–water partition coefficient (Wildman–Crippen LogP) is 4.02. The molecular weight excluding hydrogens is 348 g/mol. The molecule has 0 saturated carbocycles. The van der Waals surface area contributed by atoms with Gasteiger partial charge >= 0.3 is 0 Å². The van der Waals surface area contributed by atoms with Crippen LogP contribution in [0.15, 0.2) is 48.5 Å². The molecule has 2 unspecified atom stereocenters. The number of methoxy groups -OCH3 is 1. The lowest BCUT2D eigenvalue weighted by Gasteiger charge is -2.39. The van der Waals surface area contributed by atoms with Gasteiger partial charge in [0.15, 0.2) is 0 Å². The van der Waals surface area contributed by atoms with Gasteiger partial charge in [-0.1, -0.05) is 48.5 Å². The van der Waals surface area contributed by atoms with Crippen molar-refractivity contribution in [3.8, 4) is 0 Å². The summed E-state index contributed by atoms with van der Waals surface area (Å²) in [7, 11) is 1.66. The first-order valence-electron chi connectivity index (χ1n) is 10.2. The summed E-state index contributed by atoms with van der Waals surface area (Å²) in [6.07, 6.45) is 1.92. The molecule has 4 nitrogen and oxygen atoms in total. The van der Waals surface area contributed by atoms with Crippen LogP contribution < -0.4 is 5.32 Å². The van der Waals surface area contributed by atoms with Gasteiger partial charge in [-0.05, 0) is 48.9 Å². The standard InChI is InChI=1S/C24H32N2O2/c1-18-9-10-20(15-19(18)2)16-26-17-22(24(27)25-13-14-28-3)11-12-23(26)21-7-5-4-6-8-21/h4-10,15,22-23H,11-14,16-17H2,1-3H3,(H,25,27). The van der Waals surface area contributed by atoms with Crippen LogP contribution in [0.4, 0.5) is 0 Å². The van der Waals surface area contributed by atoms with Crippen LogP contribution in [0.5, 0.6) is 0 Å². The molecule has 1 aliphatic rings. The van der Waals surface area contributed by atoms with Crippen LogP contribution in [-0.4, -0.2) is 37.6 Å². The molecule has 150 valence electrons. The topological polar surface area (TPSA) is 41.6 Å². The summed E-state index contributed by atoms with van der Waals surface area (Å²) in [6.45, 7) is 7.08. The van der Waals surface area contributed by atoms with Crippen LogP contribution >= 0.6 is 0 Å². The number of benzene rings is 2. The highest BCUT2D eigenvalue weighted by molar-refractivity contribution is 5.79. The number of hydrogen-bond acceptors (Lipinski definition) is 3. The number of nitrogens with zero attached hydrogens (tertiary/aromatic N) is 1. The van der Waals surface area contributed by atoms with Gasteiger partial charge in [-0.25, -0.2) is 0 Å². The molecule has 3 rings (SSSR count). The fourth-order valence-electron chi connectivity index (χ4n) is 4.04. The van der Waals surface area contributed by atoms with E-state index in [1.807, 2.05) is 0 Å². The molecular formula is C24H32N2O2. The van der Waals surface area contributed by atoms with Gasteiger partial charge in [-0.2, -0.15) is 0 Å². The number of rotatable bonds is 7. The Morgan fingerprint density at radius 2 is 1.89 bits per heavy atom. The van der Waals surface area contributed by atoms with E-state index >= 15 is 0 Å². The van der Waals surface area contributed by atoms with E-state index in [2.05, 4.69) is 72.6 Å². The van der Waals surface area contributed by atoms with Crippen molar-refractivity contribution in [1.29, 1.82) is 0 Å². The Bertz CT molecular complexity index is 775. The van der Waals surface area contributed by atoms with Crippen LogP contribution in [0.25, 0.3) is 0 Å². The van der Waals surface area contributed by atoms with Crippen LogP contribution in [0, 0.1) is 19.8 Å². The van der Waals surface area contributed by atoms with Crippen molar-refractivity contribution < 1.29 is 9.53 Å². The Labute approximate surface area is 168 Å². The molecule has 1 aliphatic heterocycles. The number of hydrogen-bond donors (Lipinski definition) is 1. The average Bonchev–Trinajstić information content (AvgIpc) is 2.71. The van der Waals surface area contributed by atoms with Crippen molar-refractivity contribution in [3.05, 3.63) is 70.8 Å². The molecule has 2 aromatic rings. The van der Waals surface area contributed by atoms with E-state index in [0.29, 0.717) is 19.2 Å². The third kappa shape index (κ3) is 5.21. The minimum absolute atomic E-state index is 0.0309. The van der Waals surface area contributed by atoms with E-state index < -0.39 is 0 Å². The maximum atomic E-state index is 12.6. The van der Waals surface area contributed by atoms with Gasteiger partial charge in [0.25, 0.3) is 0 Å². The van der Waals surface area contributed by atoms with E-state index in [4.69, 9.17) is 4.74 Å². The molecule has 2 atom stereocenters. The molecule has 28 heavy (non-hydrogen) atoms. The molecule has 2 aromatic carbocycles. The zero-order chi connectivity index (χ0) is 19.9. The minimum atomic E-state index is 0.0309. The highest BCUT2D eigenvalue weighted by Crippen LogP contribution is 2.34. The smallest absolute Gasteiger partial charge is 0.224 e. The van der Waals surface area contributed by atoms with Crippen LogP contribution in [-0.2, 0) is 16.1 Å². The number of amides is 1. The molecule has 1 amide bonds. The van der Waals surface area contributed by atoms with Crippen molar-refractivity contribution >= 4 is 5.91 Å². The number of ether oxygens (including phenoxy) is 1. The van der Waals surface area contributed by atoms with Crippen molar-refractivity contribution in [3.63, 3.8) is 0 Å². The van der Waals surface area contributed by atoms with Crippen LogP contribution in [0.1, 0.15) is 41.1 Å². The maximum absolute atomic E-state index is 12.6. The van der Waals surface area contributed by atoms with Gasteiger partial charge in [-0.15, -0.1) is 0 Å². The number of nitrogens with one attached hydrogen (secondary N) is 1. The predicted molar refractivity (Wildman–Crippen MR) is 113 cm³/mol. The summed E-state index contributed by atoms with van der Waals surface area (Å²) in [6, 6.07) is 17.7. The fourth-order valence-corrected chi connectivity index (χ4v) is 4.04. The number of piperidine rings is 1. The first-order chi connectivity index (χ1) is 13.6. The second-order valence-corrected chi connectivity index (χ2v) is 7.83. The molecule has 0 aliphatic carbocycles. The van der Waals surface area contributed by atoms with E-state index in [1.165, 1.54) is 22.3 Å². The maximum Gasteiger partial charge on any atom is 0.224 e. The molecule has 0 spiro atoms. The van der Waals surface area contributed by atoms with Crippen molar-refractivity contribution in [2.45, 2.75) is 39.3 Å². The summed E-state index contributed by atoms with van der Waals surface area (Å²) < 4.78 is 5.05. The average molecular weight is 381 g/mol. The highest BCUT2D eigenvalue weighted by Gasteiger charge is 2.32. The zero-order valence-corrected chi connectivity index (χ0v) is 17.3. The van der Waals surface area contributed by atoms with Gasteiger partial charge < -0.3 is 10.1 Å². The summed E-state index contributed by atoms with van der Waals surface area (Å²) in [4.78, 5) is 15.1. The molecule has 1 saturated heterocycles. The normalized spacial score (nSPS) is 20.1. The van der Waals surface area contributed by atoms with Crippen molar-refractivity contribution in [2.24, 2.45) is 5.92 Å². The molecule has 1 fully saturated rings. The van der Waals surface area contributed by atoms with Gasteiger partial charge in [0, 0.05) is 32.8 Å². The Kier molecular flexibility index (Phi) is 7.24. The van der Waals surface area contributed by atoms with E-state index in [-0.39, 0.29) is 11.8 Å². The second-order valence-electron chi connectivity index (χ2n) is 7.83. The Morgan fingerprint density at radius 3 is 2.61 bits per heavy atom. The van der Waals surface area contributed by atoms with Crippen molar-refractivity contribution in [2.75, 3.05) is 26.8 Å². The number of likely N-dealkylation sites (tertiary alicyclic amines) is 1. The number of aryl methyl sites for hydroxylation is 2. The first kappa shape index (κ1) is 20.6. The molecule has 4 heteroatoms. The minimum Gasteiger partial charge on any atom is -0.383 e. The number of carbonyl (C=O) groups excluding carboxylic acids is 1. The summed E-state index contributed by atoms with van der Waals surface area (Å²) >= 11 is 0. The zero-order valence-electron chi connectivity index (χ0n) is 17.3. The molecule has 0 radical (unpaired) electrons. The van der Waals surface area contributed by atoms with Gasteiger partial charge in [-0.3, -0.25) is 9.69 Å². The Morgan fingerprint density at radius 1 is 1.11 bits per heavy atom. The second kappa shape index (κ2) is 9.85. The monoisotopic (exact) mass is 380 g/mol. The lowest BCUT2D eigenvalue weighted by molar-refractivity contribution is -0.127. The van der Waals surface area contributed by atoms with E-state index in [1.54, 1.807) is 7.11 Å². The Balaban J connectivity index is 1.76. The summed E-state index contributed by atoms with van der Waals surface area (Å²) in [5, 5.41) is 3.02. The van der Waals surface area contributed by atoms with Crippen LogP contribution in [0.3, 0.4) is 0 Å². The first-order valence-corrected chi connectivity index (χ1v) is 10.2. The van der Waals surface area contributed by atoms with Gasteiger partial charge in [0.2, 0.25) is 5.91 Å². The third-order valence-electron chi connectivity index (χ3n) is 5.80. The third-order valence-corrected chi connectivity index (χ3v) is 5.80. The molecule has 0 aromatic heterocycles. The van der Waals surface area contributed by atoms with Gasteiger partial charge in [0.1, 0.15) is 0 Å². The fraction of sp³-hybridized carbons (Fsp3) is 0.458. The van der Waals surface area contributed by atoms with Crippen LogP contribution in [0.2, 0.25) is 0 Å². The highest BCUT2D eigenvalue weighted by atomic mass is 16.5. The number of carbonyl (C=O) groups is 1.